The Morgan fingerprint density at radius 3 is 2.47 bits per heavy atom. The molecule has 34 heavy (non-hydrogen) atoms. The number of carbonyl (C=O) groups is 2. The van der Waals surface area contributed by atoms with Crippen LogP contribution in [0, 0.1) is 18.3 Å². The first kappa shape index (κ1) is 24.4. The highest BCUT2D eigenvalue weighted by Crippen LogP contribution is 2.26. The number of ether oxygens (including phenoxy) is 2. The normalized spacial score (nSPS) is 10.7. The number of hydrogen-bond donors (Lipinski definition) is 2. The van der Waals surface area contributed by atoms with Crippen LogP contribution in [0.5, 0.6) is 11.5 Å². The van der Waals surface area contributed by atoms with E-state index in [1.165, 1.54) is 6.08 Å². The number of hydrogen-bond acceptors (Lipinski definition) is 5. The van der Waals surface area contributed by atoms with E-state index in [-0.39, 0.29) is 18.1 Å². The molecule has 0 saturated carbocycles. The number of aryl methyl sites for hydroxylation is 1. The zero-order valence-electron chi connectivity index (χ0n) is 18.6. The molecule has 0 aliphatic heterocycles. The first-order valence-corrected chi connectivity index (χ1v) is 10.6. The predicted molar refractivity (Wildman–Crippen MR) is 132 cm³/mol. The summed E-state index contributed by atoms with van der Waals surface area (Å²) in [5.41, 5.74) is 2.34. The highest BCUT2D eigenvalue weighted by atomic mass is 35.5. The Hall–Kier alpha value is -4.28. The summed E-state index contributed by atoms with van der Waals surface area (Å²) < 4.78 is 10.8. The molecule has 7 nitrogen and oxygen atoms in total. The van der Waals surface area contributed by atoms with Crippen molar-refractivity contribution in [2.45, 2.75) is 6.92 Å². The minimum Gasteiger partial charge on any atom is -0.497 e. The van der Waals surface area contributed by atoms with Crippen molar-refractivity contribution in [3.8, 4) is 17.6 Å². The van der Waals surface area contributed by atoms with E-state index >= 15 is 0 Å². The first-order valence-electron chi connectivity index (χ1n) is 10.2. The predicted octanol–water partition coefficient (Wildman–Crippen LogP) is 5.22. The van der Waals surface area contributed by atoms with Gasteiger partial charge in [-0.2, -0.15) is 5.26 Å². The number of nitrogens with zero attached hydrogens (tertiary/aromatic N) is 1. The third-order valence-corrected chi connectivity index (χ3v) is 5.00. The third-order valence-electron chi connectivity index (χ3n) is 4.76. The lowest BCUT2D eigenvalue weighted by atomic mass is 10.1. The van der Waals surface area contributed by atoms with Gasteiger partial charge in [-0.1, -0.05) is 29.8 Å². The summed E-state index contributed by atoms with van der Waals surface area (Å²) in [6.45, 7) is 1.62. The number of amides is 2. The monoisotopic (exact) mass is 475 g/mol. The molecule has 0 fully saturated rings. The Balaban J connectivity index is 1.74. The van der Waals surface area contributed by atoms with Crippen LogP contribution in [-0.2, 0) is 9.59 Å². The molecule has 2 amide bonds. The molecule has 0 bridgehead atoms. The van der Waals surface area contributed by atoms with Gasteiger partial charge in [-0.3, -0.25) is 9.59 Å². The smallest absolute Gasteiger partial charge is 0.266 e. The molecule has 8 heteroatoms. The molecule has 0 heterocycles. The van der Waals surface area contributed by atoms with Crippen LogP contribution >= 0.6 is 11.6 Å². The largest absolute Gasteiger partial charge is 0.497 e. The third kappa shape index (κ3) is 6.61. The minimum atomic E-state index is -0.601. The summed E-state index contributed by atoms with van der Waals surface area (Å²) in [7, 11) is 1.54. The van der Waals surface area contributed by atoms with Crippen LogP contribution in [0.1, 0.15) is 11.1 Å². The van der Waals surface area contributed by atoms with Crippen LogP contribution < -0.4 is 20.1 Å². The lowest BCUT2D eigenvalue weighted by Crippen LogP contribution is -2.21. The van der Waals surface area contributed by atoms with Gasteiger partial charge in [-0.25, -0.2) is 0 Å². The zero-order valence-corrected chi connectivity index (χ0v) is 19.3. The van der Waals surface area contributed by atoms with E-state index in [0.29, 0.717) is 33.5 Å². The van der Waals surface area contributed by atoms with Gasteiger partial charge in [0.1, 0.15) is 23.1 Å². The molecule has 0 atom stereocenters. The standard InChI is InChI=1S/C26H22ClN3O4/c1-17-5-3-4-6-23(17)30-25(31)16-34-24-12-7-20(27)14-18(24)13-19(15-28)26(32)29-21-8-10-22(33-2)11-9-21/h3-14H,16H2,1-2H3,(H,29,32)(H,30,31)/b19-13-. The van der Waals surface area contributed by atoms with Crippen molar-refractivity contribution >= 4 is 40.9 Å². The van der Waals surface area contributed by atoms with Gasteiger partial charge in [0.05, 0.1) is 7.11 Å². The number of anilines is 2. The van der Waals surface area contributed by atoms with Gasteiger partial charge in [0.25, 0.3) is 11.8 Å². The topological polar surface area (TPSA) is 100 Å². The van der Waals surface area contributed by atoms with E-state index in [2.05, 4.69) is 10.6 Å². The van der Waals surface area contributed by atoms with Crippen LogP contribution in [0.2, 0.25) is 5.02 Å². The van der Waals surface area contributed by atoms with Gasteiger partial charge in [0.15, 0.2) is 6.61 Å². The summed E-state index contributed by atoms with van der Waals surface area (Å²) in [6.07, 6.45) is 1.36. The number of rotatable bonds is 8. The van der Waals surface area contributed by atoms with Crippen molar-refractivity contribution in [3.05, 3.63) is 88.5 Å². The molecule has 172 valence electrons. The molecule has 0 aromatic heterocycles. The van der Waals surface area contributed by atoms with E-state index < -0.39 is 5.91 Å². The Morgan fingerprint density at radius 1 is 1.06 bits per heavy atom. The molecular formula is C26H22ClN3O4. The number of halogens is 1. The van der Waals surface area contributed by atoms with Crippen molar-refractivity contribution in [3.63, 3.8) is 0 Å². The van der Waals surface area contributed by atoms with E-state index in [1.807, 2.05) is 31.2 Å². The van der Waals surface area contributed by atoms with Gasteiger partial charge in [-0.05, 0) is 67.1 Å². The second kappa shape index (κ2) is 11.5. The fourth-order valence-corrected chi connectivity index (χ4v) is 3.16. The van der Waals surface area contributed by atoms with Crippen LogP contribution in [0.3, 0.4) is 0 Å². The fraction of sp³-hybridized carbons (Fsp3) is 0.115. The SMILES string of the molecule is COc1ccc(NC(=O)/C(C#N)=C\c2cc(Cl)ccc2OCC(=O)Nc2ccccc2C)cc1. The van der Waals surface area contributed by atoms with E-state index in [1.54, 1.807) is 55.6 Å². The van der Waals surface area contributed by atoms with Crippen LogP contribution in [-0.4, -0.2) is 25.5 Å². The van der Waals surface area contributed by atoms with Gasteiger partial charge in [0.2, 0.25) is 0 Å². The number of para-hydroxylation sites is 1. The molecule has 0 saturated heterocycles. The second-order valence-electron chi connectivity index (χ2n) is 7.19. The molecule has 0 unspecified atom stereocenters. The molecule has 3 aromatic carbocycles. The number of carbonyl (C=O) groups excluding carboxylic acids is 2. The molecule has 3 rings (SSSR count). The maximum atomic E-state index is 12.6. The molecule has 0 spiro atoms. The van der Waals surface area contributed by atoms with Gasteiger partial charge in [-0.15, -0.1) is 0 Å². The minimum absolute atomic E-state index is 0.160. The van der Waals surface area contributed by atoms with Crippen molar-refractivity contribution in [1.82, 2.24) is 0 Å². The highest BCUT2D eigenvalue weighted by Gasteiger charge is 2.13. The molecular weight excluding hydrogens is 454 g/mol. The number of nitrogens with one attached hydrogen (secondary N) is 2. The molecule has 0 aliphatic carbocycles. The van der Waals surface area contributed by atoms with Crippen LogP contribution in [0.25, 0.3) is 6.08 Å². The average molecular weight is 476 g/mol. The Morgan fingerprint density at radius 2 is 1.79 bits per heavy atom. The van der Waals surface area contributed by atoms with E-state index in [9.17, 15) is 14.9 Å². The molecule has 0 radical (unpaired) electrons. The lowest BCUT2D eigenvalue weighted by Gasteiger charge is -2.12. The zero-order chi connectivity index (χ0) is 24.5. The maximum Gasteiger partial charge on any atom is 0.266 e. The van der Waals surface area contributed by atoms with E-state index in [4.69, 9.17) is 21.1 Å². The fourth-order valence-electron chi connectivity index (χ4n) is 2.98. The Kier molecular flexibility index (Phi) is 8.27. The summed E-state index contributed by atoms with van der Waals surface area (Å²) in [6, 6.07) is 20.7. The Bertz CT molecular complexity index is 1260. The molecule has 2 N–H and O–H groups in total. The van der Waals surface area contributed by atoms with Crippen LogP contribution in [0.4, 0.5) is 11.4 Å². The Labute approximate surface area is 202 Å². The summed E-state index contributed by atoms with van der Waals surface area (Å²) in [5, 5.41) is 15.4. The van der Waals surface area contributed by atoms with Gasteiger partial charge >= 0.3 is 0 Å². The van der Waals surface area contributed by atoms with Gasteiger partial charge < -0.3 is 20.1 Å². The van der Waals surface area contributed by atoms with Crippen molar-refractivity contribution < 1.29 is 19.1 Å². The summed E-state index contributed by atoms with van der Waals surface area (Å²) >= 11 is 6.11. The first-order chi connectivity index (χ1) is 16.4. The molecule has 3 aromatic rings. The van der Waals surface area contributed by atoms with Crippen LogP contribution in [0.15, 0.2) is 72.3 Å². The number of nitriles is 1. The van der Waals surface area contributed by atoms with Crippen molar-refractivity contribution in [2.24, 2.45) is 0 Å². The summed E-state index contributed by atoms with van der Waals surface area (Å²) in [4.78, 5) is 25.0. The second-order valence-corrected chi connectivity index (χ2v) is 7.62. The number of benzene rings is 3. The average Bonchev–Trinajstić information content (AvgIpc) is 2.83. The highest BCUT2D eigenvalue weighted by molar-refractivity contribution is 6.30. The maximum absolute atomic E-state index is 12.6. The quantitative estimate of drug-likeness (QED) is 0.343. The lowest BCUT2D eigenvalue weighted by molar-refractivity contribution is -0.118. The molecule has 0 aliphatic rings. The van der Waals surface area contributed by atoms with E-state index in [0.717, 1.165) is 5.56 Å². The van der Waals surface area contributed by atoms with Crippen molar-refractivity contribution in [2.75, 3.05) is 24.4 Å². The number of methoxy groups -OCH3 is 1. The summed E-state index contributed by atoms with van der Waals surface area (Å²) in [5.74, 6) is -0.0108. The van der Waals surface area contributed by atoms with Gasteiger partial charge in [0, 0.05) is 22.0 Å². The van der Waals surface area contributed by atoms with Crippen molar-refractivity contribution in [1.29, 1.82) is 5.26 Å².